The number of hydrogen-bond acceptors (Lipinski definition) is 4. The van der Waals surface area contributed by atoms with Crippen LogP contribution in [0, 0.1) is 0 Å². The van der Waals surface area contributed by atoms with Gasteiger partial charge in [-0.2, -0.15) is 0 Å². The molecule has 150 valence electrons. The lowest BCUT2D eigenvalue weighted by atomic mass is 10.1. The second-order valence-corrected chi connectivity index (χ2v) is 6.75. The molecule has 0 aliphatic carbocycles. The third-order valence-corrected chi connectivity index (χ3v) is 4.79. The maximum atomic E-state index is 12.1. The van der Waals surface area contributed by atoms with Crippen LogP contribution in [0.4, 0.5) is 0 Å². The van der Waals surface area contributed by atoms with Crippen molar-refractivity contribution >= 4 is 41.8 Å². The minimum atomic E-state index is -0.427. The average Bonchev–Trinajstić information content (AvgIpc) is 3.28. The van der Waals surface area contributed by atoms with Gasteiger partial charge in [0.2, 0.25) is 5.91 Å². The number of benzene rings is 2. The van der Waals surface area contributed by atoms with Crippen LogP contribution in [0.25, 0.3) is 11.0 Å². The molecule has 1 aliphatic heterocycles. The van der Waals surface area contributed by atoms with Crippen LogP contribution in [0.2, 0.25) is 0 Å². The van der Waals surface area contributed by atoms with Crippen LogP contribution in [-0.4, -0.2) is 39.3 Å². The Morgan fingerprint density at radius 1 is 1.14 bits per heavy atom. The van der Waals surface area contributed by atoms with E-state index in [-0.39, 0.29) is 36.8 Å². The number of hydrogen-bond donors (Lipinski definition) is 3. The van der Waals surface area contributed by atoms with Crippen molar-refractivity contribution in [2.75, 3.05) is 6.54 Å². The number of carbonyl (C=O) groups is 1. The summed E-state index contributed by atoms with van der Waals surface area (Å²) in [6.45, 7) is 1.73. The molecule has 3 N–H and O–H groups in total. The molecule has 1 aromatic heterocycles. The van der Waals surface area contributed by atoms with Gasteiger partial charge in [-0.15, -0.1) is 24.8 Å². The van der Waals surface area contributed by atoms with E-state index in [9.17, 15) is 9.90 Å². The molecule has 2 atom stereocenters. The lowest BCUT2D eigenvalue weighted by Gasteiger charge is -2.11. The van der Waals surface area contributed by atoms with Gasteiger partial charge in [-0.1, -0.05) is 36.4 Å². The third-order valence-electron chi connectivity index (χ3n) is 4.79. The zero-order chi connectivity index (χ0) is 17.9. The van der Waals surface area contributed by atoms with E-state index in [1.807, 2.05) is 36.7 Å². The molecule has 1 amide bonds. The number of rotatable bonds is 5. The van der Waals surface area contributed by atoms with Crippen molar-refractivity contribution in [3.05, 3.63) is 66.0 Å². The molecule has 28 heavy (non-hydrogen) atoms. The highest BCUT2D eigenvalue weighted by Crippen LogP contribution is 2.14. The Kier molecular flexibility index (Phi) is 7.83. The lowest BCUT2D eigenvalue weighted by Crippen LogP contribution is -2.39. The molecule has 1 aliphatic rings. The van der Waals surface area contributed by atoms with E-state index in [1.165, 1.54) is 5.56 Å². The number of carbonyl (C=O) groups excluding carboxylic acids is 1. The summed E-state index contributed by atoms with van der Waals surface area (Å²) < 4.78 is 2.13. The van der Waals surface area contributed by atoms with Gasteiger partial charge in [0.1, 0.15) is 0 Å². The molecule has 6 nitrogen and oxygen atoms in total. The number of nitrogens with one attached hydrogen (secondary N) is 2. The minimum Gasteiger partial charge on any atom is -0.392 e. The van der Waals surface area contributed by atoms with Crippen molar-refractivity contribution in [3.8, 4) is 0 Å². The number of aliphatic hydroxyl groups is 1. The van der Waals surface area contributed by atoms with Gasteiger partial charge in [-0.25, -0.2) is 4.98 Å². The zero-order valence-electron chi connectivity index (χ0n) is 15.2. The highest BCUT2D eigenvalue weighted by molar-refractivity contribution is 5.85. The Hall–Kier alpha value is -2.12. The van der Waals surface area contributed by atoms with Gasteiger partial charge in [0, 0.05) is 19.6 Å². The fraction of sp³-hybridized carbons (Fsp3) is 0.300. The van der Waals surface area contributed by atoms with Crippen LogP contribution in [0.1, 0.15) is 17.5 Å². The van der Waals surface area contributed by atoms with Gasteiger partial charge in [0.05, 0.1) is 29.5 Å². The largest absolute Gasteiger partial charge is 0.392 e. The van der Waals surface area contributed by atoms with E-state index in [1.54, 1.807) is 0 Å². The molecule has 4 rings (SSSR count). The SMILES string of the molecule is Cl.Cl.O=C(NCc1ccc(Cn2cnc3ccccc32)cc1)C1CC(O)CN1. The first-order valence-electron chi connectivity index (χ1n) is 8.86. The van der Waals surface area contributed by atoms with E-state index in [2.05, 4.69) is 38.4 Å². The van der Waals surface area contributed by atoms with Gasteiger partial charge >= 0.3 is 0 Å². The minimum absolute atomic E-state index is 0. The fourth-order valence-corrected chi connectivity index (χ4v) is 3.32. The summed E-state index contributed by atoms with van der Waals surface area (Å²) in [5.41, 5.74) is 4.35. The molecule has 0 saturated carbocycles. The van der Waals surface area contributed by atoms with E-state index in [0.717, 1.165) is 23.1 Å². The highest BCUT2D eigenvalue weighted by Gasteiger charge is 2.27. The van der Waals surface area contributed by atoms with Crippen LogP contribution in [-0.2, 0) is 17.9 Å². The molecule has 0 bridgehead atoms. The molecule has 1 saturated heterocycles. The van der Waals surface area contributed by atoms with E-state index < -0.39 is 6.10 Å². The summed E-state index contributed by atoms with van der Waals surface area (Å²) in [5, 5.41) is 15.4. The number of amides is 1. The van der Waals surface area contributed by atoms with Gasteiger partial charge in [-0.3, -0.25) is 4.79 Å². The van der Waals surface area contributed by atoms with Gasteiger partial charge in [-0.05, 0) is 29.7 Å². The summed E-state index contributed by atoms with van der Waals surface area (Å²) in [4.78, 5) is 16.5. The van der Waals surface area contributed by atoms with Crippen molar-refractivity contribution in [1.82, 2.24) is 20.2 Å². The highest BCUT2D eigenvalue weighted by atomic mass is 35.5. The van der Waals surface area contributed by atoms with E-state index in [0.29, 0.717) is 19.5 Å². The standard InChI is InChI=1S/C20H22N4O2.2ClH/c25-16-9-18(21-11-16)20(26)22-10-14-5-7-15(8-6-14)12-24-13-23-17-3-1-2-4-19(17)24;;/h1-8,13,16,18,21,25H,9-12H2,(H,22,26);2*1H. The molecule has 3 aromatic rings. The zero-order valence-corrected chi connectivity index (χ0v) is 16.9. The molecule has 2 aromatic carbocycles. The van der Waals surface area contributed by atoms with Crippen LogP contribution in [0.5, 0.6) is 0 Å². The number of fused-ring (bicyclic) bond motifs is 1. The van der Waals surface area contributed by atoms with Crippen LogP contribution < -0.4 is 10.6 Å². The Balaban J connectivity index is 0.00000140. The molecule has 0 radical (unpaired) electrons. The number of para-hydroxylation sites is 2. The first-order valence-corrected chi connectivity index (χ1v) is 8.86. The molecule has 2 unspecified atom stereocenters. The Morgan fingerprint density at radius 3 is 2.57 bits per heavy atom. The second-order valence-electron chi connectivity index (χ2n) is 6.75. The summed E-state index contributed by atoms with van der Waals surface area (Å²) >= 11 is 0. The lowest BCUT2D eigenvalue weighted by molar-refractivity contribution is -0.123. The number of aliphatic hydroxyl groups excluding tert-OH is 1. The van der Waals surface area contributed by atoms with Crippen molar-refractivity contribution in [2.24, 2.45) is 0 Å². The molecule has 1 fully saturated rings. The Morgan fingerprint density at radius 2 is 1.86 bits per heavy atom. The van der Waals surface area contributed by atoms with Crippen molar-refractivity contribution in [2.45, 2.75) is 31.7 Å². The van der Waals surface area contributed by atoms with Gasteiger partial charge in [0.25, 0.3) is 0 Å². The monoisotopic (exact) mass is 422 g/mol. The van der Waals surface area contributed by atoms with Crippen molar-refractivity contribution < 1.29 is 9.90 Å². The smallest absolute Gasteiger partial charge is 0.237 e. The van der Waals surface area contributed by atoms with Crippen molar-refractivity contribution in [3.63, 3.8) is 0 Å². The molecule has 8 heteroatoms. The van der Waals surface area contributed by atoms with Crippen molar-refractivity contribution in [1.29, 1.82) is 0 Å². The molecule has 0 spiro atoms. The predicted molar refractivity (Wildman–Crippen MR) is 114 cm³/mol. The Labute approximate surface area is 176 Å². The molecular formula is C20H24Cl2N4O2. The summed E-state index contributed by atoms with van der Waals surface area (Å²) in [7, 11) is 0. The number of β-amino-alcohol motifs (C(OH)–C–C–N with tert-alkyl or cyclic N) is 1. The predicted octanol–water partition coefficient (Wildman–Crippen LogP) is 2.27. The second kappa shape index (κ2) is 9.89. The first kappa shape index (κ1) is 22.2. The maximum Gasteiger partial charge on any atom is 0.237 e. The number of imidazole rings is 1. The molecular weight excluding hydrogens is 399 g/mol. The van der Waals surface area contributed by atoms with E-state index in [4.69, 9.17) is 0 Å². The van der Waals surface area contributed by atoms with E-state index >= 15 is 0 Å². The quantitative estimate of drug-likeness (QED) is 0.589. The van der Waals surface area contributed by atoms with Crippen LogP contribution in [0.3, 0.4) is 0 Å². The first-order chi connectivity index (χ1) is 12.7. The van der Waals surface area contributed by atoms with Crippen LogP contribution >= 0.6 is 24.8 Å². The normalized spacial score (nSPS) is 18.3. The number of halogens is 2. The summed E-state index contributed by atoms with van der Waals surface area (Å²) in [5.74, 6) is -0.0597. The summed E-state index contributed by atoms with van der Waals surface area (Å²) in [6.07, 6.45) is 1.91. The third kappa shape index (κ3) is 5.02. The molecule has 2 heterocycles. The van der Waals surface area contributed by atoms with Gasteiger partial charge < -0.3 is 20.3 Å². The Bertz CT molecular complexity index is 914. The maximum absolute atomic E-state index is 12.1. The fourth-order valence-electron chi connectivity index (χ4n) is 3.32. The number of aromatic nitrogens is 2. The van der Waals surface area contributed by atoms with Crippen LogP contribution in [0.15, 0.2) is 54.9 Å². The number of nitrogens with zero attached hydrogens (tertiary/aromatic N) is 2. The van der Waals surface area contributed by atoms with Gasteiger partial charge in [0.15, 0.2) is 0 Å². The average molecular weight is 423 g/mol. The summed E-state index contributed by atoms with van der Waals surface area (Å²) in [6, 6.07) is 16.0. The topological polar surface area (TPSA) is 79.2 Å².